The fraction of sp³-hybridized carbons (Fsp3) is 0.0952. The van der Waals surface area contributed by atoms with Crippen molar-refractivity contribution in [1.82, 2.24) is 0 Å². The van der Waals surface area contributed by atoms with Gasteiger partial charge in [-0.3, -0.25) is 4.79 Å². The second-order valence-corrected chi connectivity index (χ2v) is 7.24. The zero-order chi connectivity index (χ0) is 18.4. The summed E-state index contributed by atoms with van der Waals surface area (Å²) in [5.41, 5.74) is 3.17. The van der Waals surface area contributed by atoms with Gasteiger partial charge in [0.2, 0.25) is 0 Å². The maximum atomic E-state index is 12.3. The monoisotopic (exact) mass is 383 g/mol. The molecule has 3 nitrogen and oxygen atoms in total. The lowest BCUT2D eigenvalue weighted by Gasteiger charge is -2.08. The molecule has 0 saturated heterocycles. The van der Waals surface area contributed by atoms with Gasteiger partial charge in [-0.2, -0.15) is 0 Å². The van der Waals surface area contributed by atoms with Crippen LogP contribution < -0.4 is 5.32 Å². The highest BCUT2D eigenvalue weighted by Gasteiger charge is 2.07. The summed E-state index contributed by atoms with van der Waals surface area (Å²) in [5.74, 6) is 0.652. The first kappa shape index (κ1) is 18.5. The van der Waals surface area contributed by atoms with Crippen molar-refractivity contribution < 1.29 is 9.90 Å². The number of anilines is 1. The van der Waals surface area contributed by atoms with Crippen LogP contribution in [0.15, 0.2) is 77.7 Å². The van der Waals surface area contributed by atoms with E-state index in [0.717, 1.165) is 26.8 Å². The highest BCUT2D eigenvalue weighted by atomic mass is 35.5. The van der Waals surface area contributed by atoms with Gasteiger partial charge in [-0.1, -0.05) is 35.9 Å². The summed E-state index contributed by atoms with van der Waals surface area (Å²) < 4.78 is 0. The van der Waals surface area contributed by atoms with Gasteiger partial charge in [-0.15, -0.1) is 11.8 Å². The second kappa shape index (κ2) is 8.90. The van der Waals surface area contributed by atoms with E-state index in [1.807, 2.05) is 54.6 Å². The third kappa shape index (κ3) is 5.11. The van der Waals surface area contributed by atoms with Crippen LogP contribution in [0.4, 0.5) is 5.69 Å². The van der Waals surface area contributed by atoms with E-state index in [4.69, 9.17) is 16.7 Å². The van der Waals surface area contributed by atoms with E-state index in [2.05, 4.69) is 5.32 Å². The van der Waals surface area contributed by atoms with E-state index in [9.17, 15) is 4.79 Å². The van der Waals surface area contributed by atoms with E-state index in [0.29, 0.717) is 11.3 Å². The summed E-state index contributed by atoms with van der Waals surface area (Å²) in [7, 11) is 0. The number of carbonyl (C=O) groups is 1. The Labute approximate surface area is 162 Å². The van der Waals surface area contributed by atoms with Gasteiger partial charge in [0.05, 0.1) is 6.61 Å². The molecule has 0 saturated carbocycles. The SMILES string of the molecule is O=C(Nc1cccc(CO)c1)c1ccc(CSc2ccc(Cl)cc2)cc1. The topological polar surface area (TPSA) is 49.3 Å². The normalized spacial score (nSPS) is 10.5. The van der Waals surface area contributed by atoms with Crippen LogP contribution >= 0.6 is 23.4 Å². The number of aliphatic hydroxyl groups excluding tert-OH is 1. The molecule has 0 aliphatic heterocycles. The Balaban J connectivity index is 1.59. The number of hydrogen-bond donors (Lipinski definition) is 2. The number of hydrogen-bond acceptors (Lipinski definition) is 3. The van der Waals surface area contributed by atoms with Crippen molar-refractivity contribution in [1.29, 1.82) is 0 Å². The van der Waals surface area contributed by atoms with Crippen molar-refractivity contribution in [2.24, 2.45) is 0 Å². The smallest absolute Gasteiger partial charge is 0.255 e. The Morgan fingerprint density at radius 1 is 0.962 bits per heavy atom. The molecule has 3 aromatic rings. The van der Waals surface area contributed by atoms with Gasteiger partial charge >= 0.3 is 0 Å². The summed E-state index contributed by atoms with van der Waals surface area (Å²) >= 11 is 7.61. The molecule has 0 heterocycles. The fourth-order valence-electron chi connectivity index (χ4n) is 2.40. The zero-order valence-electron chi connectivity index (χ0n) is 14.0. The Kier molecular flexibility index (Phi) is 6.34. The number of carbonyl (C=O) groups excluding carboxylic acids is 1. The summed E-state index contributed by atoms with van der Waals surface area (Å²) in [4.78, 5) is 13.5. The van der Waals surface area contributed by atoms with E-state index >= 15 is 0 Å². The Hall–Kier alpha value is -2.27. The first-order chi connectivity index (χ1) is 12.6. The maximum absolute atomic E-state index is 12.3. The third-order valence-corrected chi connectivity index (χ3v) is 5.14. The predicted octanol–water partition coefficient (Wildman–Crippen LogP) is 5.38. The van der Waals surface area contributed by atoms with Crippen molar-refractivity contribution in [3.8, 4) is 0 Å². The number of amides is 1. The van der Waals surface area contributed by atoms with Crippen molar-refractivity contribution in [3.05, 3.63) is 94.5 Å². The number of rotatable bonds is 6. The molecule has 0 unspecified atom stereocenters. The first-order valence-electron chi connectivity index (χ1n) is 8.12. The van der Waals surface area contributed by atoms with Crippen LogP contribution in [-0.4, -0.2) is 11.0 Å². The van der Waals surface area contributed by atoms with Crippen LogP contribution in [0.25, 0.3) is 0 Å². The van der Waals surface area contributed by atoms with Gasteiger partial charge < -0.3 is 10.4 Å². The summed E-state index contributed by atoms with van der Waals surface area (Å²) in [6.07, 6.45) is 0. The van der Waals surface area contributed by atoms with Crippen LogP contribution in [0.2, 0.25) is 5.02 Å². The first-order valence-corrected chi connectivity index (χ1v) is 9.49. The lowest BCUT2D eigenvalue weighted by molar-refractivity contribution is 0.102. The lowest BCUT2D eigenvalue weighted by Crippen LogP contribution is -2.12. The van der Waals surface area contributed by atoms with Crippen LogP contribution in [0.3, 0.4) is 0 Å². The molecule has 132 valence electrons. The third-order valence-electron chi connectivity index (χ3n) is 3.80. The number of thioether (sulfide) groups is 1. The molecule has 3 aromatic carbocycles. The number of aliphatic hydroxyl groups is 1. The molecule has 5 heteroatoms. The Morgan fingerprint density at radius 3 is 2.38 bits per heavy atom. The predicted molar refractivity (Wildman–Crippen MR) is 108 cm³/mol. The number of benzene rings is 3. The van der Waals surface area contributed by atoms with Crippen molar-refractivity contribution >= 4 is 35.0 Å². The molecular formula is C21H18ClNO2S. The molecule has 3 rings (SSSR count). The van der Waals surface area contributed by atoms with Gasteiger partial charge in [0, 0.05) is 26.9 Å². The zero-order valence-corrected chi connectivity index (χ0v) is 15.6. The molecule has 0 spiro atoms. The number of halogens is 1. The maximum Gasteiger partial charge on any atom is 0.255 e. The number of nitrogens with one attached hydrogen (secondary N) is 1. The van der Waals surface area contributed by atoms with E-state index in [1.165, 1.54) is 0 Å². The molecule has 0 aromatic heterocycles. The van der Waals surface area contributed by atoms with Gasteiger partial charge in [0.1, 0.15) is 0 Å². The van der Waals surface area contributed by atoms with E-state index in [-0.39, 0.29) is 12.5 Å². The molecule has 0 atom stereocenters. The molecule has 2 N–H and O–H groups in total. The Bertz CT molecular complexity index is 879. The minimum absolute atomic E-state index is 0.0519. The van der Waals surface area contributed by atoms with Crippen LogP contribution in [0.1, 0.15) is 21.5 Å². The lowest BCUT2D eigenvalue weighted by atomic mass is 10.1. The Morgan fingerprint density at radius 2 is 1.69 bits per heavy atom. The highest BCUT2D eigenvalue weighted by Crippen LogP contribution is 2.24. The minimum atomic E-state index is -0.169. The van der Waals surface area contributed by atoms with Crippen LogP contribution in [0, 0.1) is 0 Å². The molecule has 0 radical (unpaired) electrons. The second-order valence-electron chi connectivity index (χ2n) is 5.75. The summed E-state index contributed by atoms with van der Waals surface area (Å²) in [5, 5.41) is 12.7. The molecule has 1 amide bonds. The molecule has 26 heavy (non-hydrogen) atoms. The van der Waals surface area contributed by atoms with Gasteiger partial charge in [-0.05, 0) is 59.7 Å². The fourth-order valence-corrected chi connectivity index (χ4v) is 3.38. The van der Waals surface area contributed by atoms with Crippen molar-refractivity contribution in [3.63, 3.8) is 0 Å². The minimum Gasteiger partial charge on any atom is -0.392 e. The standard InChI is InChI=1S/C21H18ClNO2S/c22-18-8-10-20(11-9-18)26-14-15-4-6-17(7-5-15)21(25)23-19-3-1-2-16(12-19)13-24/h1-12,24H,13-14H2,(H,23,25). The van der Waals surface area contributed by atoms with Gasteiger partial charge in [-0.25, -0.2) is 0 Å². The highest BCUT2D eigenvalue weighted by molar-refractivity contribution is 7.98. The summed E-state index contributed by atoms with van der Waals surface area (Å²) in [6.45, 7) is -0.0519. The van der Waals surface area contributed by atoms with Crippen LogP contribution in [-0.2, 0) is 12.4 Å². The van der Waals surface area contributed by atoms with Crippen molar-refractivity contribution in [2.45, 2.75) is 17.3 Å². The average Bonchev–Trinajstić information content (AvgIpc) is 2.68. The molecule has 0 aliphatic carbocycles. The molecule has 0 bridgehead atoms. The molecule has 0 aliphatic rings. The summed E-state index contributed by atoms with van der Waals surface area (Å²) in [6, 6.07) is 22.5. The average molecular weight is 384 g/mol. The molecule has 0 fully saturated rings. The van der Waals surface area contributed by atoms with Crippen molar-refractivity contribution in [2.75, 3.05) is 5.32 Å². The van der Waals surface area contributed by atoms with Gasteiger partial charge in [0.25, 0.3) is 5.91 Å². The quantitative estimate of drug-likeness (QED) is 0.562. The van der Waals surface area contributed by atoms with E-state index in [1.54, 1.807) is 30.0 Å². The van der Waals surface area contributed by atoms with E-state index < -0.39 is 0 Å². The molecular weight excluding hydrogens is 366 g/mol. The van der Waals surface area contributed by atoms with Gasteiger partial charge in [0.15, 0.2) is 0 Å². The van der Waals surface area contributed by atoms with Crippen LogP contribution in [0.5, 0.6) is 0 Å². The largest absolute Gasteiger partial charge is 0.392 e.